The molecule has 1 aromatic rings. The van der Waals surface area contributed by atoms with Gasteiger partial charge >= 0.3 is 0 Å². The predicted octanol–water partition coefficient (Wildman–Crippen LogP) is 2.31. The van der Waals surface area contributed by atoms with E-state index in [1.165, 1.54) is 17.7 Å². The van der Waals surface area contributed by atoms with Crippen molar-refractivity contribution >= 4 is 28.2 Å². The summed E-state index contributed by atoms with van der Waals surface area (Å²) in [5.41, 5.74) is 1.87. The summed E-state index contributed by atoms with van der Waals surface area (Å²) in [5.74, 6) is 0.867. The third-order valence-corrected chi connectivity index (χ3v) is 6.54. The summed E-state index contributed by atoms with van der Waals surface area (Å²) in [4.78, 5) is 26.3. The molecule has 5 nitrogen and oxygen atoms in total. The normalized spacial score (nSPS) is 22.8. The number of amides is 2. The van der Waals surface area contributed by atoms with Crippen LogP contribution < -0.4 is 16.0 Å². The second-order valence-corrected chi connectivity index (χ2v) is 8.46. The lowest BCUT2D eigenvalue weighted by atomic mass is 9.91. The summed E-state index contributed by atoms with van der Waals surface area (Å²) in [7, 11) is 1.98. The smallest absolute Gasteiger partial charge is 0.254 e. The van der Waals surface area contributed by atoms with Gasteiger partial charge in [0, 0.05) is 23.4 Å². The number of hydrogen-bond donors (Lipinski definition) is 3. The number of rotatable bonds is 6. The summed E-state index contributed by atoms with van der Waals surface area (Å²) in [5, 5.41) is 10.2. The predicted molar refractivity (Wildman–Crippen MR) is 95.6 cm³/mol. The highest BCUT2D eigenvalue weighted by Crippen LogP contribution is 2.40. The minimum absolute atomic E-state index is 0.0118. The largest absolute Gasteiger partial charge is 0.352 e. The molecular weight excluding hydrogens is 322 g/mol. The second kappa shape index (κ2) is 6.48. The van der Waals surface area contributed by atoms with Crippen LogP contribution in [0.15, 0.2) is 0 Å². The van der Waals surface area contributed by atoms with Crippen LogP contribution >= 0.6 is 11.3 Å². The van der Waals surface area contributed by atoms with Gasteiger partial charge in [-0.1, -0.05) is 0 Å². The summed E-state index contributed by atoms with van der Waals surface area (Å²) < 4.78 is 0. The van der Waals surface area contributed by atoms with Gasteiger partial charge in [0.25, 0.3) is 5.91 Å². The lowest BCUT2D eigenvalue weighted by Crippen LogP contribution is -2.33. The van der Waals surface area contributed by atoms with Gasteiger partial charge in [-0.15, -0.1) is 11.3 Å². The van der Waals surface area contributed by atoms with E-state index in [0.29, 0.717) is 12.0 Å². The first-order chi connectivity index (χ1) is 11.7. The summed E-state index contributed by atoms with van der Waals surface area (Å²) in [6, 6.07) is 0.411. The van der Waals surface area contributed by atoms with Gasteiger partial charge in [0.05, 0.1) is 5.56 Å². The highest BCUT2D eigenvalue weighted by atomic mass is 32.1. The van der Waals surface area contributed by atoms with Crippen molar-refractivity contribution < 1.29 is 9.59 Å². The Kier molecular flexibility index (Phi) is 4.35. The molecule has 0 bridgehead atoms. The standard InChI is InChI=1S/C18H25N3O2S/c1-19-12-6-7-14-13(8-12)15(17(23)20-9-10-2-3-10)18(24-14)21-16(22)11-4-5-11/h10-12,19H,2-9H2,1H3,(H,20,23)(H,21,22). The van der Waals surface area contributed by atoms with Crippen LogP contribution in [0.4, 0.5) is 5.00 Å². The minimum Gasteiger partial charge on any atom is -0.352 e. The summed E-state index contributed by atoms with van der Waals surface area (Å²) in [6.07, 6.45) is 7.32. The zero-order valence-electron chi connectivity index (χ0n) is 14.1. The van der Waals surface area contributed by atoms with Crippen molar-refractivity contribution in [1.29, 1.82) is 0 Å². The number of aryl methyl sites for hydroxylation is 1. The number of thiophene rings is 1. The highest BCUT2D eigenvalue weighted by Gasteiger charge is 2.34. The molecule has 1 atom stereocenters. The maximum atomic E-state index is 12.8. The lowest BCUT2D eigenvalue weighted by Gasteiger charge is -2.22. The van der Waals surface area contributed by atoms with E-state index in [-0.39, 0.29) is 17.7 Å². The number of likely N-dealkylation sites (N-methyl/N-ethyl adjacent to an activating group) is 1. The second-order valence-electron chi connectivity index (χ2n) is 7.35. The molecule has 1 heterocycles. The quantitative estimate of drug-likeness (QED) is 0.740. The van der Waals surface area contributed by atoms with E-state index in [1.54, 1.807) is 11.3 Å². The number of hydrogen-bond acceptors (Lipinski definition) is 4. The molecule has 2 amide bonds. The first-order valence-corrected chi connectivity index (χ1v) is 9.88. The van der Waals surface area contributed by atoms with Gasteiger partial charge in [-0.05, 0) is 63.5 Å². The molecule has 1 aromatic heterocycles. The van der Waals surface area contributed by atoms with Crippen LogP contribution in [0.3, 0.4) is 0 Å². The minimum atomic E-state index is -0.0118. The first kappa shape index (κ1) is 16.1. The van der Waals surface area contributed by atoms with Crippen molar-refractivity contribution in [3.63, 3.8) is 0 Å². The van der Waals surface area contributed by atoms with Gasteiger partial charge < -0.3 is 16.0 Å². The molecule has 24 heavy (non-hydrogen) atoms. The van der Waals surface area contributed by atoms with Gasteiger partial charge in [-0.3, -0.25) is 9.59 Å². The topological polar surface area (TPSA) is 70.2 Å². The van der Waals surface area contributed by atoms with Crippen LogP contribution in [0.25, 0.3) is 0 Å². The van der Waals surface area contributed by atoms with E-state index in [2.05, 4.69) is 16.0 Å². The molecule has 2 saturated carbocycles. The van der Waals surface area contributed by atoms with Crippen molar-refractivity contribution in [3.05, 3.63) is 16.0 Å². The van der Waals surface area contributed by atoms with Crippen molar-refractivity contribution in [3.8, 4) is 0 Å². The Labute approximate surface area is 146 Å². The van der Waals surface area contributed by atoms with Crippen LogP contribution in [0.5, 0.6) is 0 Å². The maximum absolute atomic E-state index is 12.8. The molecule has 6 heteroatoms. The number of carbonyl (C=O) groups is 2. The van der Waals surface area contributed by atoms with Gasteiger partial charge in [-0.2, -0.15) is 0 Å². The number of carbonyl (C=O) groups excluding carboxylic acids is 2. The number of fused-ring (bicyclic) bond motifs is 1. The Hall–Kier alpha value is -1.40. The molecule has 0 aromatic carbocycles. The molecule has 4 rings (SSSR count). The molecule has 3 N–H and O–H groups in total. The van der Waals surface area contributed by atoms with Crippen LogP contribution in [0.2, 0.25) is 0 Å². The molecule has 0 aliphatic heterocycles. The summed E-state index contributed by atoms with van der Waals surface area (Å²) >= 11 is 1.61. The Morgan fingerprint density at radius 2 is 1.96 bits per heavy atom. The Bertz CT molecular complexity index is 661. The molecule has 1 unspecified atom stereocenters. The fourth-order valence-corrected chi connectivity index (χ4v) is 4.61. The van der Waals surface area contributed by atoms with Crippen LogP contribution in [-0.2, 0) is 17.6 Å². The highest BCUT2D eigenvalue weighted by molar-refractivity contribution is 7.17. The third kappa shape index (κ3) is 3.35. The zero-order valence-corrected chi connectivity index (χ0v) is 14.9. The fourth-order valence-electron chi connectivity index (χ4n) is 3.37. The monoisotopic (exact) mass is 347 g/mol. The first-order valence-electron chi connectivity index (χ1n) is 9.06. The van der Waals surface area contributed by atoms with E-state index in [9.17, 15) is 9.59 Å². The number of nitrogens with one attached hydrogen (secondary N) is 3. The third-order valence-electron chi connectivity index (χ3n) is 5.33. The Morgan fingerprint density at radius 1 is 1.17 bits per heavy atom. The fraction of sp³-hybridized carbons (Fsp3) is 0.667. The molecule has 0 spiro atoms. The van der Waals surface area contributed by atoms with Crippen LogP contribution in [0, 0.1) is 11.8 Å². The molecule has 0 radical (unpaired) electrons. The van der Waals surface area contributed by atoms with Crippen molar-refractivity contribution in [1.82, 2.24) is 10.6 Å². The lowest BCUT2D eigenvalue weighted by molar-refractivity contribution is -0.117. The average molecular weight is 347 g/mol. The van der Waals surface area contributed by atoms with Crippen molar-refractivity contribution in [2.75, 3.05) is 18.9 Å². The van der Waals surface area contributed by atoms with Gasteiger partial charge in [-0.25, -0.2) is 0 Å². The SMILES string of the molecule is CNC1CCc2sc(NC(=O)C3CC3)c(C(=O)NCC3CC3)c2C1. The molecule has 2 fully saturated rings. The maximum Gasteiger partial charge on any atom is 0.254 e. The van der Waals surface area contributed by atoms with E-state index in [0.717, 1.165) is 54.8 Å². The van der Waals surface area contributed by atoms with Gasteiger partial charge in [0.2, 0.25) is 5.91 Å². The Morgan fingerprint density at radius 3 is 2.62 bits per heavy atom. The molecular formula is C18H25N3O2S. The van der Waals surface area contributed by atoms with E-state index < -0.39 is 0 Å². The molecule has 130 valence electrons. The zero-order chi connectivity index (χ0) is 16.7. The average Bonchev–Trinajstić information content (AvgIpc) is 3.48. The van der Waals surface area contributed by atoms with Crippen molar-refractivity contribution in [2.24, 2.45) is 11.8 Å². The van der Waals surface area contributed by atoms with Crippen LogP contribution in [-0.4, -0.2) is 31.4 Å². The van der Waals surface area contributed by atoms with E-state index in [1.807, 2.05) is 7.05 Å². The number of anilines is 1. The van der Waals surface area contributed by atoms with Gasteiger partial charge in [0.1, 0.15) is 5.00 Å². The van der Waals surface area contributed by atoms with Crippen molar-refractivity contribution in [2.45, 2.75) is 51.0 Å². The Balaban J connectivity index is 1.59. The van der Waals surface area contributed by atoms with E-state index >= 15 is 0 Å². The molecule has 0 saturated heterocycles. The molecule has 3 aliphatic carbocycles. The van der Waals surface area contributed by atoms with Gasteiger partial charge in [0.15, 0.2) is 0 Å². The van der Waals surface area contributed by atoms with Crippen LogP contribution in [0.1, 0.15) is 52.9 Å². The summed E-state index contributed by atoms with van der Waals surface area (Å²) in [6.45, 7) is 0.759. The molecule has 3 aliphatic rings. The van der Waals surface area contributed by atoms with E-state index in [4.69, 9.17) is 0 Å².